The fourth-order valence-corrected chi connectivity index (χ4v) is 4.85. The molecule has 0 spiro atoms. The summed E-state index contributed by atoms with van der Waals surface area (Å²) in [5, 5.41) is 0.478. The summed E-state index contributed by atoms with van der Waals surface area (Å²) in [5.41, 5.74) is 2.25. The van der Waals surface area contributed by atoms with Gasteiger partial charge >= 0.3 is 0 Å². The average Bonchev–Trinajstić information content (AvgIpc) is 2.73. The molecule has 29 heavy (non-hydrogen) atoms. The standard InChI is InChI=1S/C22H27ClN2O3S/c1-24(17-18-5-9-20(10-6-18)25-14-3-2-4-15-25)22(26)13-16-29(27,28)21-11-7-19(23)8-12-21/h5-12H,2-4,13-17H2,1H3. The molecule has 2 aromatic rings. The molecule has 0 radical (unpaired) electrons. The minimum absolute atomic E-state index is 0.0483. The van der Waals surface area contributed by atoms with Gasteiger partial charge in [-0.1, -0.05) is 23.7 Å². The summed E-state index contributed by atoms with van der Waals surface area (Å²) in [6.45, 7) is 2.65. The van der Waals surface area contributed by atoms with Gasteiger partial charge in [-0.2, -0.15) is 0 Å². The maximum Gasteiger partial charge on any atom is 0.223 e. The van der Waals surface area contributed by atoms with E-state index < -0.39 is 9.84 Å². The van der Waals surface area contributed by atoms with Crippen molar-refractivity contribution in [2.75, 3.05) is 30.8 Å². The Morgan fingerprint density at radius 2 is 1.62 bits per heavy atom. The van der Waals surface area contributed by atoms with Gasteiger partial charge in [-0.15, -0.1) is 0 Å². The fourth-order valence-electron chi connectivity index (χ4n) is 3.50. The first kappa shape index (κ1) is 21.7. The Morgan fingerprint density at radius 1 is 1.00 bits per heavy atom. The zero-order valence-electron chi connectivity index (χ0n) is 16.7. The number of benzene rings is 2. The molecule has 0 aromatic heterocycles. The van der Waals surface area contributed by atoms with Gasteiger partial charge in [0.1, 0.15) is 0 Å². The molecule has 0 unspecified atom stereocenters. The third-order valence-corrected chi connectivity index (χ3v) is 7.24. The Labute approximate surface area is 178 Å². The first-order chi connectivity index (χ1) is 13.8. The van der Waals surface area contributed by atoms with Gasteiger partial charge in [0, 0.05) is 43.8 Å². The lowest BCUT2D eigenvalue weighted by Gasteiger charge is -2.29. The lowest BCUT2D eigenvalue weighted by Crippen LogP contribution is -2.29. The molecule has 0 atom stereocenters. The van der Waals surface area contributed by atoms with E-state index >= 15 is 0 Å². The molecule has 0 N–H and O–H groups in total. The van der Waals surface area contributed by atoms with Crippen LogP contribution in [0.1, 0.15) is 31.2 Å². The predicted molar refractivity (Wildman–Crippen MR) is 117 cm³/mol. The maximum absolute atomic E-state index is 12.4. The van der Waals surface area contributed by atoms with Crippen molar-refractivity contribution >= 4 is 33.0 Å². The van der Waals surface area contributed by atoms with E-state index in [1.165, 1.54) is 49.2 Å². The summed E-state index contributed by atoms with van der Waals surface area (Å²) in [5.74, 6) is -0.409. The highest BCUT2D eigenvalue weighted by Gasteiger charge is 2.18. The van der Waals surface area contributed by atoms with Crippen molar-refractivity contribution in [2.45, 2.75) is 37.1 Å². The number of anilines is 1. The Balaban J connectivity index is 1.52. The normalized spacial score (nSPS) is 14.6. The van der Waals surface area contributed by atoms with E-state index in [-0.39, 0.29) is 23.0 Å². The van der Waals surface area contributed by atoms with Crippen molar-refractivity contribution in [1.82, 2.24) is 4.90 Å². The molecule has 5 nitrogen and oxygen atoms in total. The van der Waals surface area contributed by atoms with Crippen LogP contribution in [-0.2, 0) is 21.2 Å². The van der Waals surface area contributed by atoms with Gasteiger partial charge < -0.3 is 9.80 Å². The summed E-state index contributed by atoms with van der Waals surface area (Å²) in [6, 6.07) is 14.3. The smallest absolute Gasteiger partial charge is 0.223 e. The molecule has 1 amide bonds. The molecule has 156 valence electrons. The Morgan fingerprint density at radius 3 is 2.24 bits per heavy atom. The van der Waals surface area contributed by atoms with Crippen molar-refractivity contribution in [2.24, 2.45) is 0 Å². The number of nitrogens with zero attached hydrogens (tertiary/aromatic N) is 2. The van der Waals surface area contributed by atoms with Crippen LogP contribution in [-0.4, -0.2) is 45.1 Å². The number of rotatable bonds is 7. The van der Waals surface area contributed by atoms with E-state index in [1.807, 2.05) is 12.1 Å². The molecule has 1 heterocycles. The van der Waals surface area contributed by atoms with Crippen LogP contribution in [0, 0.1) is 0 Å². The van der Waals surface area contributed by atoms with Gasteiger partial charge in [-0.25, -0.2) is 8.42 Å². The average molecular weight is 435 g/mol. The first-order valence-corrected chi connectivity index (χ1v) is 11.9. The lowest BCUT2D eigenvalue weighted by atomic mass is 10.1. The number of sulfone groups is 1. The van der Waals surface area contributed by atoms with Crippen molar-refractivity contribution in [1.29, 1.82) is 0 Å². The molecule has 1 saturated heterocycles. The summed E-state index contributed by atoms with van der Waals surface area (Å²) < 4.78 is 24.8. The third-order valence-electron chi connectivity index (χ3n) is 5.26. The summed E-state index contributed by atoms with van der Waals surface area (Å²) in [6.07, 6.45) is 3.72. The minimum Gasteiger partial charge on any atom is -0.372 e. The maximum atomic E-state index is 12.4. The second kappa shape index (κ2) is 9.63. The molecular formula is C22H27ClN2O3S. The number of carbonyl (C=O) groups is 1. The number of piperidine rings is 1. The summed E-state index contributed by atoms with van der Waals surface area (Å²) >= 11 is 5.80. The van der Waals surface area contributed by atoms with Crippen molar-refractivity contribution < 1.29 is 13.2 Å². The topological polar surface area (TPSA) is 57.7 Å². The number of hydrogen-bond acceptors (Lipinski definition) is 4. The Hall–Kier alpha value is -2.05. The van der Waals surface area contributed by atoms with Gasteiger partial charge in [0.05, 0.1) is 10.6 Å². The molecule has 7 heteroatoms. The molecule has 3 rings (SSSR count). The highest BCUT2D eigenvalue weighted by molar-refractivity contribution is 7.91. The number of amides is 1. The summed E-state index contributed by atoms with van der Waals surface area (Å²) in [4.78, 5) is 16.6. The first-order valence-electron chi connectivity index (χ1n) is 9.91. The van der Waals surface area contributed by atoms with Crippen LogP contribution in [0.15, 0.2) is 53.4 Å². The molecule has 2 aromatic carbocycles. The fraction of sp³-hybridized carbons (Fsp3) is 0.409. The lowest BCUT2D eigenvalue weighted by molar-refractivity contribution is -0.130. The van der Waals surface area contributed by atoms with Gasteiger partial charge in [0.2, 0.25) is 5.91 Å². The Bertz CT molecular complexity index is 922. The van der Waals surface area contributed by atoms with Crippen LogP contribution in [0.4, 0.5) is 5.69 Å². The molecule has 0 aliphatic carbocycles. The quantitative estimate of drug-likeness (QED) is 0.656. The third kappa shape index (κ3) is 5.97. The van der Waals surface area contributed by atoms with Gasteiger partial charge in [-0.3, -0.25) is 4.79 Å². The van der Waals surface area contributed by atoms with E-state index in [9.17, 15) is 13.2 Å². The highest BCUT2D eigenvalue weighted by atomic mass is 35.5. The zero-order valence-corrected chi connectivity index (χ0v) is 18.3. The van der Waals surface area contributed by atoms with Crippen LogP contribution in [0.25, 0.3) is 0 Å². The highest BCUT2D eigenvalue weighted by Crippen LogP contribution is 2.21. The van der Waals surface area contributed by atoms with E-state index in [1.54, 1.807) is 11.9 Å². The van der Waals surface area contributed by atoms with Crippen LogP contribution >= 0.6 is 11.6 Å². The number of hydrogen-bond donors (Lipinski definition) is 0. The minimum atomic E-state index is -3.51. The molecule has 0 bridgehead atoms. The van der Waals surface area contributed by atoms with E-state index in [4.69, 9.17) is 11.6 Å². The zero-order chi connectivity index (χ0) is 20.9. The molecular weight excluding hydrogens is 408 g/mol. The molecule has 1 fully saturated rings. The van der Waals surface area contributed by atoms with Crippen LogP contribution in [0.2, 0.25) is 5.02 Å². The number of halogens is 1. The van der Waals surface area contributed by atoms with Gasteiger partial charge in [0.15, 0.2) is 9.84 Å². The SMILES string of the molecule is CN(Cc1ccc(N2CCCCC2)cc1)C(=O)CCS(=O)(=O)c1ccc(Cl)cc1. The molecule has 1 aliphatic rings. The van der Waals surface area contributed by atoms with Crippen LogP contribution in [0.3, 0.4) is 0 Å². The number of carbonyl (C=O) groups excluding carboxylic acids is 1. The molecule has 1 aliphatic heterocycles. The largest absolute Gasteiger partial charge is 0.372 e. The van der Waals surface area contributed by atoms with E-state index in [0.29, 0.717) is 11.6 Å². The molecule has 0 saturated carbocycles. The second-order valence-corrected chi connectivity index (χ2v) is 10.0. The van der Waals surface area contributed by atoms with Crippen molar-refractivity contribution in [3.8, 4) is 0 Å². The van der Waals surface area contributed by atoms with E-state index in [0.717, 1.165) is 18.7 Å². The van der Waals surface area contributed by atoms with Crippen molar-refractivity contribution in [3.63, 3.8) is 0 Å². The Kier molecular flexibility index (Phi) is 7.19. The van der Waals surface area contributed by atoms with Crippen LogP contribution in [0.5, 0.6) is 0 Å². The van der Waals surface area contributed by atoms with Crippen LogP contribution < -0.4 is 4.90 Å². The van der Waals surface area contributed by atoms with Gasteiger partial charge in [-0.05, 0) is 61.2 Å². The van der Waals surface area contributed by atoms with E-state index in [2.05, 4.69) is 17.0 Å². The van der Waals surface area contributed by atoms with Gasteiger partial charge in [0.25, 0.3) is 0 Å². The second-order valence-electron chi connectivity index (χ2n) is 7.49. The van der Waals surface area contributed by atoms with Crippen molar-refractivity contribution in [3.05, 3.63) is 59.1 Å². The predicted octanol–water partition coefficient (Wildman–Crippen LogP) is 4.15. The monoisotopic (exact) mass is 434 g/mol. The summed E-state index contributed by atoms with van der Waals surface area (Å²) in [7, 11) is -1.80.